The minimum Gasteiger partial charge on any atom is -0.316 e. The lowest BCUT2D eigenvalue weighted by atomic mass is 9.89. The minimum absolute atomic E-state index is 0.747. The van der Waals surface area contributed by atoms with E-state index in [-0.39, 0.29) is 0 Å². The first-order chi connectivity index (χ1) is 9.09. The molecule has 1 aromatic rings. The van der Waals surface area contributed by atoms with Crippen molar-refractivity contribution in [1.82, 2.24) is 5.32 Å². The highest BCUT2D eigenvalue weighted by atomic mass is 14.9. The number of benzene rings is 1. The lowest BCUT2D eigenvalue weighted by Crippen LogP contribution is -2.29. The molecular formula is C18H31N. The molecule has 0 saturated heterocycles. The summed E-state index contributed by atoms with van der Waals surface area (Å²) in [5.41, 5.74) is 1.47. The summed E-state index contributed by atoms with van der Waals surface area (Å²) in [5.74, 6) is 2.33. The fraction of sp³-hybridized carbons (Fsp3) is 0.667. The molecule has 1 nitrogen and oxygen atoms in total. The predicted molar refractivity (Wildman–Crippen MR) is 85.4 cm³/mol. The normalized spacial score (nSPS) is 13.2. The Balaban J connectivity index is 2.25. The van der Waals surface area contributed by atoms with E-state index in [9.17, 15) is 0 Å². The summed E-state index contributed by atoms with van der Waals surface area (Å²) >= 11 is 0. The molecule has 1 atom stereocenters. The van der Waals surface area contributed by atoms with Crippen LogP contribution in [0.1, 0.15) is 46.1 Å². The van der Waals surface area contributed by atoms with E-state index in [2.05, 4.69) is 63.3 Å². The van der Waals surface area contributed by atoms with Crippen molar-refractivity contribution in [3.8, 4) is 0 Å². The van der Waals surface area contributed by atoms with E-state index in [1.165, 1.54) is 31.4 Å². The Morgan fingerprint density at radius 3 is 2.21 bits per heavy atom. The van der Waals surface area contributed by atoms with Gasteiger partial charge in [-0.2, -0.15) is 0 Å². The first-order valence-electron chi connectivity index (χ1n) is 7.84. The van der Waals surface area contributed by atoms with Crippen molar-refractivity contribution in [2.24, 2.45) is 17.8 Å². The molecule has 0 spiro atoms. The first-order valence-corrected chi connectivity index (χ1v) is 7.84. The van der Waals surface area contributed by atoms with Gasteiger partial charge in [0, 0.05) is 0 Å². The van der Waals surface area contributed by atoms with E-state index in [0.717, 1.165) is 24.3 Å². The minimum atomic E-state index is 0.747. The number of nitrogens with one attached hydrogen (secondary N) is 1. The maximum absolute atomic E-state index is 3.61. The standard InChI is InChI=1S/C18H31N/c1-15(2)13-19-14-18(16(3)4)12-8-11-17-9-6-5-7-10-17/h5-7,9-10,15-16,18-19H,8,11-14H2,1-4H3. The van der Waals surface area contributed by atoms with Gasteiger partial charge in [-0.3, -0.25) is 0 Å². The van der Waals surface area contributed by atoms with Gasteiger partial charge >= 0.3 is 0 Å². The largest absolute Gasteiger partial charge is 0.316 e. The molecular weight excluding hydrogens is 230 g/mol. The molecule has 108 valence electrons. The summed E-state index contributed by atoms with van der Waals surface area (Å²) < 4.78 is 0. The second-order valence-corrected chi connectivity index (χ2v) is 6.43. The first kappa shape index (κ1) is 16.2. The van der Waals surface area contributed by atoms with Crippen molar-refractivity contribution in [2.75, 3.05) is 13.1 Å². The Bertz CT molecular complexity index is 316. The zero-order chi connectivity index (χ0) is 14.1. The van der Waals surface area contributed by atoms with Gasteiger partial charge in [0.05, 0.1) is 0 Å². The maximum Gasteiger partial charge on any atom is -0.00180 e. The van der Waals surface area contributed by atoms with Crippen molar-refractivity contribution in [3.05, 3.63) is 35.9 Å². The van der Waals surface area contributed by atoms with Crippen LogP contribution in [-0.2, 0) is 6.42 Å². The molecule has 1 rings (SSSR count). The molecule has 0 saturated carbocycles. The summed E-state index contributed by atoms with van der Waals surface area (Å²) in [6, 6.07) is 10.8. The van der Waals surface area contributed by atoms with Crippen molar-refractivity contribution < 1.29 is 0 Å². The fourth-order valence-corrected chi connectivity index (χ4v) is 2.44. The van der Waals surface area contributed by atoms with Crippen LogP contribution in [0, 0.1) is 17.8 Å². The number of rotatable bonds is 9. The Morgan fingerprint density at radius 2 is 1.63 bits per heavy atom. The molecule has 0 radical (unpaired) electrons. The third-order valence-electron chi connectivity index (χ3n) is 3.79. The van der Waals surface area contributed by atoms with Crippen molar-refractivity contribution >= 4 is 0 Å². The van der Waals surface area contributed by atoms with Gasteiger partial charge in [0.25, 0.3) is 0 Å². The molecule has 0 heterocycles. The van der Waals surface area contributed by atoms with Gasteiger partial charge in [0.2, 0.25) is 0 Å². The van der Waals surface area contributed by atoms with Crippen molar-refractivity contribution in [2.45, 2.75) is 47.0 Å². The van der Waals surface area contributed by atoms with Crippen molar-refractivity contribution in [3.63, 3.8) is 0 Å². The SMILES string of the molecule is CC(C)CNCC(CCCc1ccccc1)C(C)C. The van der Waals surface area contributed by atoms with E-state index in [4.69, 9.17) is 0 Å². The fourth-order valence-electron chi connectivity index (χ4n) is 2.44. The van der Waals surface area contributed by atoms with Gasteiger partial charge in [-0.15, -0.1) is 0 Å². The van der Waals surface area contributed by atoms with Crippen LogP contribution in [-0.4, -0.2) is 13.1 Å². The second-order valence-electron chi connectivity index (χ2n) is 6.43. The number of hydrogen-bond acceptors (Lipinski definition) is 1. The van der Waals surface area contributed by atoms with Crippen molar-refractivity contribution in [1.29, 1.82) is 0 Å². The predicted octanol–water partition coefficient (Wildman–Crippen LogP) is 4.53. The van der Waals surface area contributed by atoms with Gasteiger partial charge in [0.1, 0.15) is 0 Å². The Morgan fingerprint density at radius 1 is 0.947 bits per heavy atom. The second kappa shape index (κ2) is 9.14. The summed E-state index contributed by atoms with van der Waals surface area (Å²) in [7, 11) is 0. The van der Waals surface area contributed by atoms with Crippen LogP contribution in [0.15, 0.2) is 30.3 Å². The Hall–Kier alpha value is -0.820. The highest BCUT2D eigenvalue weighted by molar-refractivity contribution is 5.14. The average molecular weight is 261 g/mol. The molecule has 1 N–H and O–H groups in total. The quantitative estimate of drug-likeness (QED) is 0.689. The van der Waals surface area contributed by atoms with Crippen LogP contribution in [0.25, 0.3) is 0 Å². The molecule has 0 amide bonds. The van der Waals surface area contributed by atoms with Crippen LogP contribution in [0.5, 0.6) is 0 Å². The Kier molecular flexibility index (Phi) is 7.81. The molecule has 0 fully saturated rings. The topological polar surface area (TPSA) is 12.0 Å². The van der Waals surface area contributed by atoms with E-state index < -0.39 is 0 Å². The molecule has 1 aromatic carbocycles. The van der Waals surface area contributed by atoms with Crippen LogP contribution in [0.3, 0.4) is 0 Å². The van der Waals surface area contributed by atoms with Gasteiger partial charge in [-0.25, -0.2) is 0 Å². The van der Waals surface area contributed by atoms with E-state index in [1.807, 2.05) is 0 Å². The molecule has 1 unspecified atom stereocenters. The lowest BCUT2D eigenvalue weighted by molar-refractivity contribution is 0.327. The number of aryl methyl sites for hydroxylation is 1. The van der Waals surface area contributed by atoms with E-state index in [1.54, 1.807) is 0 Å². The zero-order valence-electron chi connectivity index (χ0n) is 13.2. The van der Waals surface area contributed by atoms with E-state index in [0.29, 0.717) is 0 Å². The van der Waals surface area contributed by atoms with Gasteiger partial charge in [0.15, 0.2) is 0 Å². The lowest BCUT2D eigenvalue weighted by Gasteiger charge is -2.22. The van der Waals surface area contributed by atoms with Gasteiger partial charge in [-0.1, -0.05) is 58.0 Å². The van der Waals surface area contributed by atoms with E-state index >= 15 is 0 Å². The third kappa shape index (κ3) is 7.37. The summed E-state index contributed by atoms with van der Waals surface area (Å²) in [6.07, 6.45) is 3.85. The third-order valence-corrected chi connectivity index (χ3v) is 3.79. The van der Waals surface area contributed by atoms with Gasteiger partial charge < -0.3 is 5.32 Å². The monoisotopic (exact) mass is 261 g/mol. The van der Waals surface area contributed by atoms with Crippen LogP contribution >= 0.6 is 0 Å². The highest BCUT2D eigenvalue weighted by Crippen LogP contribution is 2.18. The summed E-state index contributed by atoms with van der Waals surface area (Å²) in [4.78, 5) is 0. The molecule has 19 heavy (non-hydrogen) atoms. The summed E-state index contributed by atoms with van der Waals surface area (Å²) in [5, 5.41) is 3.61. The highest BCUT2D eigenvalue weighted by Gasteiger charge is 2.12. The van der Waals surface area contributed by atoms with Crippen LogP contribution in [0.4, 0.5) is 0 Å². The molecule has 0 bridgehead atoms. The maximum atomic E-state index is 3.61. The van der Waals surface area contributed by atoms with Gasteiger partial charge in [-0.05, 0) is 55.7 Å². The molecule has 0 aliphatic heterocycles. The number of hydrogen-bond donors (Lipinski definition) is 1. The molecule has 0 aromatic heterocycles. The van der Waals surface area contributed by atoms with Crippen LogP contribution < -0.4 is 5.32 Å². The Labute approximate surface area is 119 Å². The molecule has 1 heteroatoms. The van der Waals surface area contributed by atoms with Crippen LogP contribution in [0.2, 0.25) is 0 Å². The average Bonchev–Trinajstić information content (AvgIpc) is 2.37. The molecule has 0 aliphatic carbocycles. The summed E-state index contributed by atoms with van der Waals surface area (Å²) in [6.45, 7) is 11.6. The zero-order valence-corrected chi connectivity index (χ0v) is 13.2. The smallest absolute Gasteiger partial charge is 0.00180 e. The molecule has 0 aliphatic rings.